The maximum Gasteiger partial charge on any atom is 0.466 e. The Balaban J connectivity index is 0.000000195. The van der Waals surface area contributed by atoms with Crippen LogP contribution in [0, 0.1) is 0 Å². The molecule has 0 radical (unpaired) electrons. The van der Waals surface area contributed by atoms with Crippen molar-refractivity contribution in [3.05, 3.63) is 23.0 Å². The van der Waals surface area contributed by atoms with Crippen LogP contribution in [0.5, 0.6) is 0 Å². The highest BCUT2D eigenvalue weighted by Gasteiger charge is 2.00. The van der Waals surface area contributed by atoms with Gasteiger partial charge in [0.15, 0.2) is 11.2 Å². The number of nitrogens with one attached hydrogen (secondary N) is 2. The van der Waals surface area contributed by atoms with E-state index in [2.05, 4.69) is 19.9 Å². The van der Waals surface area contributed by atoms with E-state index in [1.54, 1.807) is 0 Å². The number of phosphoric acid groups is 1. The second kappa shape index (κ2) is 4.32. The number of H-pyrrole nitrogens is 2. The van der Waals surface area contributed by atoms with Crippen LogP contribution in [0.15, 0.2) is 17.4 Å². The number of nitrogens with zero attached hydrogens (tertiary/aromatic N) is 2. The molecule has 0 aliphatic rings. The second-order valence-corrected chi connectivity index (χ2v) is 3.37. The maximum absolute atomic E-state index is 10.9. The van der Waals surface area contributed by atoms with Crippen molar-refractivity contribution in [3.63, 3.8) is 0 Å². The average molecular weight is 234 g/mol. The molecule has 2 heterocycles. The zero-order valence-corrected chi connectivity index (χ0v) is 8.05. The molecular formula is C5H7N4O5P. The molecule has 0 saturated carbocycles. The second-order valence-electron chi connectivity index (χ2n) is 2.35. The zero-order valence-electron chi connectivity index (χ0n) is 7.15. The third-order valence-electron chi connectivity index (χ3n) is 1.23. The van der Waals surface area contributed by atoms with E-state index in [4.69, 9.17) is 19.2 Å². The standard InChI is InChI=1S/C5H4N4O.H3O4P/c10-5-3-4(7-1-6-3)8-2-9-5;1-5(2,3)4/h1-2H,(H2,6,7,8,9,10);(H3,1,2,3,4). The van der Waals surface area contributed by atoms with Crippen molar-refractivity contribution in [3.8, 4) is 0 Å². The van der Waals surface area contributed by atoms with E-state index in [-0.39, 0.29) is 5.56 Å². The van der Waals surface area contributed by atoms with Gasteiger partial charge in [-0.3, -0.25) is 4.79 Å². The smallest absolute Gasteiger partial charge is 0.339 e. The van der Waals surface area contributed by atoms with Crippen molar-refractivity contribution in [2.75, 3.05) is 0 Å². The molecule has 5 N–H and O–H groups in total. The number of hydrogen-bond acceptors (Lipinski definition) is 4. The van der Waals surface area contributed by atoms with Crippen LogP contribution in [0.4, 0.5) is 0 Å². The first-order valence-electron chi connectivity index (χ1n) is 3.53. The fraction of sp³-hybridized carbons (Fsp3) is 0. The van der Waals surface area contributed by atoms with Crippen LogP contribution in [0.3, 0.4) is 0 Å². The van der Waals surface area contributed by atoms with Gasteiger partial charge in [0.25, 0.3) is 5.56 Å². The summed E-state index contributed by atoms with van der Waals surface area (Å²) in [4.78, 5) is 45.1. The van der Waals surface area contributed by atoms with Gasteiger partial charge in [-0.05, 0) is 0 Å². The summed E-state index contributed by atoms with van der Waals surface area (Å²) in [5, 5.41) is 0. The molecular weight excluding hydrogens is 227 g/mol. The van der Waals surface area contributed by atoms with Crippen LogP contribution in [0.2, 0.25) is 0 Å². The first kappa shape index (κ1) is 11.5. The lowest BCUT2D eigenvalue weighted by molar-refractivity contribution is 0.275. The number of aromatic amines is 2. The third kappa shape index (κ3) is 4.00. The van der Waals surface area contributed by atoms with Crippen molar-refractivity contribution < 1.29 is 19.2 Å². The van der Waals surface area contributed by atoms with Gasteiger partial charge in [0.05, 0.1) is 12.7 Å². The largest absolute Gasteiger partial charge is 0.466 e. The lowest BCUT2D eigenvalue weighted by atomic mass is 10.6. The summed E-state index contributed by atoms with van der Waals surface area (Å²) in [7, 11) is -4.64. The number of hydrogen-bond donors (Lipinski definition) is 5. The molecule has 0 aliphatic heterocycles. The Bertz CT molecular complexity index is 533. The molecule has 0 bridgehead atoms. The highest BCUT2D eigenvalue weighted by Crippen LogP contribution is 2.25. The van der Waals surface area contributed by atoms with Crippen LogP contribution in [0.25, 0.3) is 11.2 Å². The summed E-state index contributed by atoms with van der Waals surface area (Å²) in [6.45, 7) is 0. The van der Waals surface area contributed by atoms with E-state index in [0.29, 0.717) is 11.2 Å². The Labute approximate surface area is 82.1 Å². The van der Waals surface area contributed by atoms with Crippen LogP contribution in [-0.4, -0.2) is 34.6 Å². The van der Waals surface area contributed by atoms with E-state index in [1.165, 1.54) is 12.7 Å². The fourth-order valence-electron chi connectivity index (χ4n) is 0.776. The molecule has 0 amide bonds. The van der Waals surface area contributed by atoms with Gasteiger partial charge in [0, 0.05) is 0 Å². The topological polar surface area (TPSA) is 152 Å². The zero-order chi connectivity index (χ0) is 11.5. The fourth-order valence-corrected chi connectivity index (χ4v) is 0.776. The van der Waals surface area contributed by atoms with Crippen LogP contribution >= 0.6 is 7.82 Å². The normalized spacial score (nSPS) is 10.9. The monoisotopic (exact) mass is 234 g/mol. The van der Waals surface area contributed by atoms with Gasteiger partial charge in [-0.2, -0.15) is 0 Å². The summed E-state index contributed by atoms with van der Waals surface area (Å²) in [5.74, 6) is 0. The van der Waals surface area contributed by atoms with Crippen LogP contribution in [-0.2, 0) is 4.57 Å². The highest BCUT2D eigenvalue weighted by molar-refractivity contribution is 7.45. The molecule has 0 saturated heterocycles. The molecule has 9 nitrogen and oxygen atoms in total. The molecule has 2 rings (SSSR count). The van der Waals surface area contributed by atoms with E-state index < -0.39 is 7.82 Å². The quantitative estimate of drug-likeness (QED) is 0.356. The maximum atomic E-state index is 10.9. The number of fused-ring (bicyclic) bond motifs is 1. The molecule has 0 fully saturated rings. The van der Waals surface area contributed by atoms with Crippen molar-refractivity contribution in [2.45, 2.75) is 0 Å². The molecule has 0 aliphatic carbocycles. The Morgan fingerprint density at radius 2 is 1.60 bits per heavy atom. The predicted octanol–water partition coefficient (Wildman–Crippen LogP) is -1.28. The predicted molar refractivity (Wildman–Crippen MR) is 48.8 cm³/mol. The van der Waals surface area contributed by atoms with Crippen molar-refractivity contribution in [2.24, 2.45) is 0 Å². The Morgan fingerprint density at radius 3 is 2.07 bits per heavy atom. The molecule has 2 aromatic rings. The lowest BCUT2D eigenvalue weighted by Gasteiger charge is -1.82. The minimum Gasteiger partial charge on any atom is -0.339 e. The summed E-state index contributed by atoms with van der Waals surface area (Å²) >= 11 is 0. The Morgan fingerprint density at radius 1 is 1.13 bits per heavy atom. The minimum atomic E-state index is -4.64. The lowest BCUT2D eigenvalue weighted by Crippen LogP contribution is -2.05. The summed E-state index contributed by atoms with van der Waals surface area (Å²) in [6.07, 6.45) is 2.76. The Hall–Kier alpha value is -1.54. The third-order valence-corrected chi connectivity index (χ3v) is 1.23. The van der Waals surface area contributed by atoms with Crippen LogP contribution in [0.1, 0.15) is 0 Å². The van der Waals surface area contributed by atoms with Gasteiger partial charge in [0.1, 0.15) is 0 Å². The summed E-state index contributed by atoms with van der Waals surface area (Å²) in [5.41, 5.74) is 0.675. The van der Waals surface area contributed by atoms with Gasteiger partial charge >= 0.3 is 7.82 Å². The van der Waals surface area contributed by atoms with Crippen LogP contribution < -0.4 is 5.56 Å². The molecule has 0 atom stereocenters. The Kier molecular flexibility index (Phi) is 3.32. The SMILES string of the molecule is O=P(O)(O)O.O=c1[nH]cnc2nc[nH]c12. The molecule has 2 aromatic heterocycles. The molecule has 0 aromatic carbocycles. The van der Waals surface area contributed by atoms with Crippen molar-refractivity contribution in [1.29, 1.82) is 0 Å². The van der Waals surface area contributed by atoms with Gasteiger partial charge in [-0.15, -0.1) is 0 Å². The number of aromatic nitrogens is 4. The van der Waals surface area contributed by atoms with Gasteiger partial charge in [-0.1, -0.05) is 0 Å². The molecule has 10 heteroatoms. The molecule has 82 valence electrons. The molecule has 15 heavy (non-hydrogen) atoms. The number of rotatable bonds is 0. The van der Waals surface area contributed by atoms with E-state index in [1.807, 2.05) is 0 Å². The number of imidazole rings is 1. The first-order valence-corrected chi connectivity index (χ1v) is 5.09. The first-order chi connectivity index (χ1) is 6.88. The van der Waals surface area contributed by atoms with Gasteiger partial charge in [-0.25, -0.2) is 14.5 Å². The minimum absolute atomic E-state index is 0.192. The van der Waals surface area contributed by atoms with Crippen molar-refractivity contribution in [1.82, 2.24) is 19.9 Å². The summed E-state index contributed by atoms with van der Waals surface area (Å²) in [6, 6.07) is 0. The summed E-state index contributed by atoms with van der Waals surface area (Å²) < 4.78 is 8.88. The van der Waals surface area contributed by atoms with E-state index in [9.17, 15) is 4.79 Å². The van der Waals surface area contributed by atoms with Gasteiger partial charge in [0.2, 0.25) is 0 Å². The average Bonchev–Trinajstić information content (AvgIpc) is 2.49. The highest BCUT2D eigenvalue weighted by atomic mass is 31.2. The molecule has 0 spiro atoms. The van der Waals surface area contributed by atoms with Gasteiger partial charge < -0.3 is 24.6 Å². The van der Waals surface area contributed by atoms with E-state index >= 15 is 0 Å². The van der Waals surface area contributed by atoms with Crippen molar-refractivity contribution >= 4 is 19.0 Å². The van der Waals surface area contributed by atoms with E-state index in [0.717, 1.165) is 0 Å². The molecule has 0 unspecified atom stereocenters.